The first-order valence-corrected chi connectivity index (χ1v) is 10.1. The molecule has 1 amide bonds. The molecule has 0 spiro atoms. The fourth-order valence-corrected chi connectivity index (χ4v) is 4.18. The summed E-state index contributed by atoms with van der Waals surface area (Å²) >= 11 is 3.07. The van der Waals surface area contributed by atoms with Gasteiger partial charge in [-0.25, -0.2) is 9.97 Å². The van der Waals surface area contributed by atoms with Crippen LogP contribution in [0.5, 0.6) is 5.75 Å². The molecule has 2 heterocycles. The highest BCUT2D eigenvalue weighted by molar-refractivity contribution is 7.22. The number of aromatic nitrogens is 2. The molecule has 0 unspecified atom stereocenters. The van der Waals surface area contributed by atoms with Crippen molar-refractivity contribution in [1.29, 1.82) is 0 Å². The molecule has 4 aromatic rings. The van der Waals surface area contributed by atoms with Gasteiger partial charge in [-0.15, -0.1) is 11.3 Å². The van der Waals surface area contributed by atoms with Crippen LogP contribution in [0, 0.1) is 13.8 Å². The number of para-hydroxylation sites is 1. The average Bonchev–Trinajstić information content (AvgIpc) is 3.27. The second-order valence-electron chi connectivity index (χ2n) is 6.07. The maximum absolute atomic E-state index is 12.5. The number of amides is 1. The highest BCUT2D eigenvalue weighted by atomic mass is 32.1. The first-order chi connectivity index (χ1) is 13.1. The molecule has 2 aromatic carbocycles. The third kappa shape index (κ3) is 3.99. The van der Waals surface area contributed by atoms with Gasteiger partial charge in [0.1, 0.15) is 12.4 Å². The Bertz CT molecular complexity index is 1100. The zero-order chi connectivity index (χ0) is 18.8. The number of carbonyl (C=O) groups is 1. The highest BCUT2D eigenvalue weighted by Gasteiger charge is 2.11. The molecule has 1 N–H and O–H groups in total. The first kappa shape index (κ1) is 17.6. The maximum atomic E-state index is 12.5. The van der Waals surface area contributed by atoms with Gasteiger partial charge in [-0.05, 0) is 49.7 Å². The molecule has 5 nitrogen and oxygen atoms in total. The molecule has 0 saturated carbocycles. The lowest BCUT2D eigenvalue weighted by atomic mass is 10.2. The minimum absolute atomic E-state index is 0.187. The number of nitrogens with zero attached hydrogens (tertiary/aromatic N) is 2. The molecule has 0 aliphatic carbocycles. The van der Waals surface area contributed by atoms with E-state index >= 15 is 0 Å². The Morgan fingerprint density at radius 2 is 1.93 bits per heavy atom. The number of fused-ring (bicyclic) bond motifs is 1. The van der Waals surface area contributed by atoms with Gasteiger partial charge in [0.05, 0.1) is 20.9 Å². The Balaban J connectivity index is 1.41. The molecule has 0 radical (unpaired) electrons. The number of hydrogen-bond donors (Lipinski definition) is 1. The lowest BCUT2D eigenvalue weighted by molar-refractivity contribution is 0.102. The maximum Gasteiger partial charge on any atom is 0.257 e. The summed E-state index contributed by atoms with van der Waals surface area (Å²) in [5.74, 6) is 0.515. The number of nitrogens with one attached hydrogen (secondary N) is 1. The number of anilines is 1. The van der Waals surface area contributed by atoms with Gasteiger partial charge in [-0.2, -0.15) is 0 Å². The van der Waals surface area contributed by atoms with Gasteiger partial charge in [0, 0.05) is 10.9 Å². The van der Waals surface area contributed by atoms with Crippen molar-refractivity contribution in [1.82, 2.24) is 9.97 Å². The van der Waals surface area contributed by atoms with Crippen molar-refractivity contribution in [3.63, 3.8) is 0 Å². The van der Waals surface area contributed by atoms with Gasteiger partial charge in [-0.3, -0.25) is 10.1 Å². The fourth-order valence-electron chi connectivity index (χ4n) is 2.64. The fraction of sp³-hybridized carbons (Fsp3) is 0.150. The third-order valence-electron chi connectivity index (χ3n) is 4.01. The van der Waals surface area contributed by atoms with Crippen molar-refractivity contribution >= 4 is 43.9 Å². The summed E-state index contributed by atoms with van der Waals surface area (Å²) in [7, 11) is 0. The van der Waals surface area contributed by atoms with E-state index < -0.39 is 0 Å². The number of rotatable bonds is 5. The van der Waals surface area contributed by atoms with E-state index in [9.17, 15) is 4.79 Å². The van der Waals surface area contributed by atoms with E-state index in [0.717, 1.165) is 26.5 Å². The smallest absolute Gasteiger partial charge is 0.257 e. The van der Waals surface area contributed by atoms with Crippen LogP contribution in [0.4, 0.5) is 5.13 Å². The van der Waals surface area contributed by atoms with Gasteiger partial charge in [0.2, 0.25) is 0 Å². The normalized spacial score (nSPS) is 10.9. The van der Waals surface area contributed by atoms with E-state index in [1.807, 2.05) is 37.4 Å². The van der Waals surface area contributed by atoms with Crippen LogP contribution >= 0.6 is 22.7 Å². The molecule has 0 bridgehead atoms. The molecule has 27 heavy (non-hydrogen) atoms. The summed E-state index contributed by atoms with van der Waals surface area (Å²) in [6.45, 7) is 4.40. The molecule has 0 atom stereocenters. The average molecular weight is 396 g/mol. The quantitative estimate of drug-likeness (QED) is 0.504. The van der Waals surface area contributed by atoms with Gasteiger partial charge >= 0.3 is 0 Å². The molecule has 136 valence electrons. The SMILES string of the molecule is Cc1nc(COc2ccc(C(=O)Nc3nc4c(C)cccc4s3)cc2)cs1. The van der Waals surface area contributed by atoms with Crippen LogP contribution < -0.4 is 10.1 Å². The van der Waals surface area contributed by atoms with Gasteiger partial charge in [0.25, 0.3) is 5.91 Å². The predicted octanol–water partition coefficient (Wildman–Crippen LogP) is 5.20. The number of thiazole rings is 2. The number of hydrogen-bond acceptors (Lipinski definition) is 6. The molecular formula is C20H17N3O2S2. The monoisotopic (exact) mass is 395 g/mol. The Kier molecular flexibility index (Phi) is 4.87. The van der Waals surface area contributed by atoms with Crippen molar-refractivity contribution in [2.45, 2.75) is 20.5 Å². The van der Waals surface area contributed by atoms with E-state index in [2.05, 4.69) is 15.3 Å². The lowest BCUT2D eigenvalue weighted by Gasteiger charge is -2.06. The van der Waals surface area contributed by atoms with E-state index in [1.54, 1.807) is 35.6 Å². The summed E-state index contributed by atoms with van der Waals surface area (Å²) < 4.78 is 6.78. The van der Waals surface area contributed by atoms with Crippen LogP contribution in [0.25, 0.3) is 10.2 Å². The first-order valence-electron chi connectivity index (χ1n) is 8.40. The van der Waals surface area contributed by atoms with Crippen LogP contribution in [0.3, 0.4) is 0 Å². The zero-order valence-electron chi connectivity index (χ0n) is 14.9. The van der Waals surface area contributed by atoms with E-state index in [4.69, 9.17) is 4.74 Å². The molecule has 0 fully saturated rings. The number of ether oxygens (including phenoxy) is 1. The molecule has 0 saturated heterocycles. The number of benzene rings is 2. The minimum atomic E-state index is -0.187. The molecular weight excluding hydrogens is 378 g/mol. The topological polar surface area (TPSA) is 64.1 Å². The third-order valence-corrected chi connectivity index (χ3v) is 5.77. The van der Waals surface area contributed by atoms with Crippen molar-refractivity contribution < 1.29 is 9.53 Å². The van der Waals surface area contributed by atoms with Crippen molar-refractivity contribution in [2.75, 3.05) is 5.32 Å². The number of carbonyl (C=O) groups excluding carboxylic acids is 1. The van der Waals surface area contributed by atoms with Crippen LogP contribution in [-0.2, 0) is 6.61 Å². The standard InChI is InChI=1S/C20H17N3O2S2/c1-12-4-3-5-17-18(12)22-20(27-17)23-19(24)14-6-8-16(9-7-14)25-10-15-11-26-13(2)21-15/h3-9,11H,10H2,1-2H3,(H,22,23,24). The molecule has 4 rings (SSSR count). The molecule has 0 aliphatic rings. The van der Waals surface area contributed by atoms with Crippen molar-refractivity contribution in [2.24, 2.45) is 0 Å². The Morgan fingerprint density at radius 1 is 1.11 bits per heavy atom. The minimum Gasteiger partial charge on any atom is -0.487 e. The van der Waals surface area contributed by atoms with Crippen LogP contribution in [0.15, 0.2) is 47.8 Å². The molecule has 2 aromatic heterocycles. The Morgan fingerprint density at radius 3 is 2.63 bits per heavy atom. The van der Waals surface area contributed by atoms with Crippen LogP contribution in [0.1, 0.15) is 26.6 Å². The predicted molar refractivity (Wildman–Crippen MR) is 110 cm³/mol. The van der Waals surface area contributed by atoms with Crippen LogP contribution in [0.2, 0.25) is 0 Å². The summed E-state index contributed by atoms with van der Waals surface area (Å²) in [4.78, 5) is 21.4. The van der Waals surface area contributed by atoms with Crippen LogP contribution in [-0.4, -0.2) is 15.9 Å². The summed E-state index contributed by atoms with van der Waals surface area (Å²) in [6, 6.07) is 13.1. The second-order valence-corrected chi connectivity index (χ2v) is 8.16. The van der Waals surface area contributed by atoms with Crippen molar-refractivity contribution in [3.05, 3.63) is 69.7 Å². The van der Waals surface area contributed by atoms with Gasteiger partial charge in [-0.1, -0.05) is 23.5 Å². The van der Waals surface area contributed by atoms with Gasteiger partial charge in [0.15, 0.2) is 5.13 Å². The van der Waals surface area contributed by atoms with Gasteiger partial charge < -0.3 is 4.74 Å². The molecule has 0 aliphatic heterocycles. The van der Waals surface area contributed by atoms with E-state index in [-0.39, 0.29) is 5.91 Å². The lowest BCUT2D eigenvalue weighted by Crippen LogP contribution is -2.11. The summed E-state index contributed by atoms with van der Waals surface area (Å²) in [5, 5.41) is 6.48. The zero-order valence-corrected chi connectivity index (χ0v) is 16.5. The van der Waals surface area contributed by atoms with Crippen molar-refractivity contribution in [3.8, 4) is 5.75 Å². The summed E-state index contributed by atoms with van der Waals surface area (Å²) in [5.41, 5.74) is 3.49. The number of aryl methyl sites for hydroxylation is 2. The highest BCUT2D eigenvalue weighted by Crippen LogP contribution is 2.28. The van der Waals surface area contributed by atoms with E-state index in [0.29, 0.717) is 23.1 Å². The Labute approximate surface area is 164 Å². The molecule has 7 heteroatoms. The summed E-state index contributed by atoms with van der Waals surface area (Å²) in [6.07, 6.45) is 0. The largest absolute Gasteiger partial charge is 0.487 e. The second kappa shape index (κ2) is 7.46. The Hall–Kier alpha value is -2.77. The van der Waals surface area contributed by atoms with E-state index in [1.165, 1.54) is 11.3 Å².